The van der Waals surface area contributed by atoms with E-state index in [9.17, 15) is 23.1 Å². The van der Waals surface area contributed by atoms with Crippen molar-refractivity contribution in [1.29, 1.82) is 0 Å². The van der Waals surface area contributed by atoms with E-state index in [-0.39, 0.29) is 18.8 Å². The Morgan fingerprint density at radius 1 is 1.25 bits per heavy atom. The molecule has 2 unspecified atom stereocenters. The summed E-state index contributed by atoms with van der Waals surface area (Å²) in [4.78, 5) is 32.2. The van der Waals surface area contributed by atoms with Gasteiger partial charge in [-0.05, 0) is 37.2 Å². The van der Waals surface area contributed by atoms with Crippen molar-refractivity contribution in [3.8, 4) is 0 Å². The van der Waals surface area contributed by atoms with E-state index < -0.39 is 51.1 Å². The van der Waals surface area contributed by atoms with Gasteiger partial charge in [-0.2, -0.15) is 0 Å². The summed E-state index contributed by atoms with van der Waals surface area (Å²) in [7, 11) is -4.08. The van der Waals surface area contributed by atoms with Gasteiger partial charge in [0.25, 0.3) is 0 Å². The lowest BCUT2D eigenvalue weighted by Gasteiger charge is -2.40. The Morgan fingerprint density at radius 3 is 2.47 bits per heavy atom. The molecular formula is C25H39N3O7S. The number of hydrazine groups is 1. The van der Waals surface area contributed by atoms with E-state index in [4.69, 9.17) is 15.4 Å². The highest BCUT2D eigenvalue weighted by atomic mass is 32.2. The zero-order chi connectivity index (χ0) is 26.8. The lowest BCUT2D eigenvalue weighted by atomic mass is 9.74. The molecule has 1 aromatic carbocycles. The van der Waals surface area contributed by atoms with Gasteiger partial charge in [0.15, 0.2) is 16.1 Å². The number of sulfone groups is 1. The van der Waals surface area contributed by atoms with Crippen LogP contribution in [0.5, 0.6) is 0 Å². The minimum Gasteiger partial charge on any atom is -0.396 e. The Kier molecular flexibility index (Phi) is 11.5. The number of nitrogens with one attached hydrogen (secondary N) is 2. The van der Waals surface area contributed by atoms with E-state index in [1.54, 1.807) is 30.3 Å². The van der Waals surface area contributed by atoms with Crippen LogP contribution in [0.25, 0.3) is 6.08 Å². The van der Waals surface area contributed by atoms with E-state index in [0.29, 0.717) is 18.6 Å². The van der Waals surface area contributed by atoms with Crippen LogP contribution in [0.3, 0.4) is 0 Å². The molecule has 5 N–H and O–H groups in total. The zero-order valence-corrected chi connectivity index (χ0v) is 22.0. The van der Waals surface area contributed by atoms with Crippen LogP contribution >= 0.6 is 0 Å². The fourth-order valence-corrected chi connectivity index (χ4v) is 6.11. The third kappa shape index (κ3) is 7.84. The summed E-state index contributed by atoms with van der Waals surface area (Å²) < 4.78 is 30.5. The second kappa shape index (κ2) is 13.8. The SMILES string of the molecule is CC(C)C[C@@H](C(=O)NN)[C@@H](C(=O)NOC1CCCCO1)C(/C=C/c1ccccc1)(CCO)S(C)(=O)=O. The number of benzene rings is 1. The van der Waals surface area contributed by atoms with Crippen molar-refractivity contribution in [2.45, 2.75) is 57.0 Å². The van der Waals surface area contributed by atoms with Gasteiger partial charge in [0, 0.05) is 25.9 Å². The Labute approximate surface area is 213 Å². The largest absolute Gasteiger partial charge is 0.396 e. The Balaban J connectivity index is 2.63. The Hall–Kier alpha value is -2.31. The van der Waals surface area contributed by atoms with Crippen molar-refractivity contribution < 1.29 is 32.7 Å². The fraction of sp³-hybridized carbons (Fsp3) is 0.600. The maximum absolute atomic E-state index is 13.7. The summed E-state index contributed by atoms with van der Waals surface area (Å²) in [6.07, 6.45) is 5.43. The summed E-state index contributed by atoms with van der Waals surface area (Å²) in [5, 5.41) is 9.98. The first kappa shape index (κ1) is 29.9. The van der Waals surface area contributed by atoms with Crippen molar-refractivity contribution >= 4 is 27.7 Å². The molecule has 2 amide bonds. The number of hydrogen-bond acceptors (Lipinski definition) is 8. The second-order valence-electron chi connectivity index (χ2n) is 9.55. The number of amides is 2. The minimum absolute atomic E-state index is 0.0744. The number of rotatable bonds is 13. The average molecular weight is 526 g/mol. The van der Waals surface area contributed by atoms with Crippen molar-refractivity contribution in [2.24, 2.45) is 23.6 Å². The number of aliphatic hydroxyl groups is 1. The molecule has 2 rings (SSSR count). The van der Waals surface area contributed by atoms with Crippen LogP contribution in [0.15, 0.2) is 36.4 Å². The monoisotopic (exact) mass is 525 g/mol. The quantitative estimate of drug-likeness (QED) is 0.172. The molecule has 1 saturated heterocycles. The summed E-state index contributed by atoms with van der Waals surface area (Å²) in [5.41, 5.74) is 5.13. The van der Waals surface area contributed by atoms with Crippen LogP contribution in [0.4, 0.5) is 0 Å². The smallest absolute Gasteiger partial charge is 0.249 e. The average Bonchev–Trinajstić information content (AvgIpc) is 2.85. The predicted octanol–water partition coefficient (Wildman–Crippen LogP) is 1.71. The molecule has 1 aromatic rings. The number of carbonyl (C=O) groups excluding carboxylic acids is 2. The molecule has 0 saturated carbocycles. The van der Waals surface area contributed by atoms with Gasteiger partial charge in [-0.3, -0.25) is 15.0 Å². The normalized spacial score (nSPS) is 20.0. The molecule has 0 spiro atoms. The molecule has 4 atom stereocenters. The standard InChI is InChI=1S/C25H39N3O7S/c1-18(2)17-20(23(30)27-26)22(24(31)28-35-21-11-7-8-16-34-21)25(14-15-29,36(3,32)33)13-12-19-9-5-4-6-10-19/h4-6,9-10,12-13,18,20-22,29H,7-8,11,14-17,26H2,1-3H3,(H,27,30)(H,28,31)/b13-12+/t20-,21?,22+,25?/m1/s1. The summed E-state index contributed by atoms with van der Waals surface area (Å²) >= 11 is 0. The molecule has 1 fully saturated rings. The topological polar surface area (TPSA) is 157 Å². The number of nitrogens with two attached hydrogens (primary N) is 1. The molecule has 0 aliphatic carbocycles. The zero-order valence-electron chi connectivity index (χ0n) is 21.2. The predicted molar refractivity (Wildman–Crippen MR) is 136 cm³/mol. The van der Waals surface area contributed by atoms with Crippen molar-refractivity contribution in [3.63, 3.8) is 0 Å². The first-order valence-corrected chi connectivity index (χ1v) is 14.1. The number of carbonyl (C=O) groups is 2. The highest BCUT2D eigenvalue weighted by molar-refractivity contribution is 7.92. The van der Waals surface area contributed by atoms with Crippen molar-refractivity contribution in [1.82, 2.24) is 10.9 Å². The number of aliphatic hydroxyl groups excluding tert-OH is 1. The Morgan fingerprint density at radius 2 is 1.94 bits per heavy atom. The number of ether oxygens (including phenoxy) is 1. The van der Waals surface area contributed by atoms with Gasteiger partial charge >= 0.3 is 0 Å². The van der Waals surface area contributed by atoms with Crippen molar-refractivity contribution in [2.75, 3.05) is 19.5 Å². The summed E-state index contributed by atoms with van der Waals surface area (Å²) in [6.45, 7) is 3.65. The molecule has 0 bridgehead atoms. The van der Waals surface area contributed by atoms with Crippen LogP contribution in [-0.2, 0) is 29.0 Å². The van der Waals surface area contributed by atoms with E-state index in [2.05, 4.69) is 10.9 Å². The van der Waals surface area contributed by atoms with Crippen LogP contribution < -0.4 is 16.7 Å². The van der Waals surface area contributed by atoms with E-state index in [1.807, 2.05) is 19.9 Å². The molecule has 0 radical (unpaired) electrons. The van der Waals surface area contributed by atoms with Gasteiger partial charge in [-0.1, -0.05) is 56.3 Å². The molecule has 11 heteroatoms. The van der Waals surface area contributed by atoms with Gasteiger partial charge < -0.3 is 9.84 Å². The van der Waals surface area contributed by atoms with Crippen LogP contribution in [0, 0.1) is 17.8 Å². The number of hydroxylamine groups is 1. The van der Waals surface area contributed by atoms with Crippen LogP contribution in [0.2, 0.25) is 0 Å². The summed E-state index contributed by atoms with van der Waals surface area (Å²) in [6, 6.07) is 8.96. The highest BCUT2D eigenvalue weighted by Gasteiger charge is 2.54. The molecule has 36 heavy (non-hydrogen) atoms. The van der Waals surface area contributed by atoms with Gasteiger partial charge in [0.2, 0.25) is 11.8 Å². The highest BCUT2D eigenvalue weighted by Crippen LogP contribution is 2.40. The minimum atomic E-state index is -4.08. The van der Waals surface area contributed by atoms with E-state index in [0.717, 1.165) is 19.1 Å². The second-order valence-corrected chi connectivity index (χ2v) is 11.9. The first-order valence-electron chi connectivity index (χ1n) is 12.2. The molecule has 1 heterocycles. The maximum atomic E-state index is 13.7. The lowest BCUT2D eigenvalue weighted by Crippen LogP contribution is -2.57. The third-order valence-electron chi connectivity index (χ3n) is 6.39. The van der Waals surface area contributed by atoms with E-state index >= 15 is 0 Å². The lowest BCUT2D eigenvalue weighted by molar-refractivity contribution is -0.203. The van der Waals surface area contributed by atoms with Crippen LogP contribution in [-0.4, -0.2) is 55.8 Å². The summed E-state index contributed by atoms with van der Waals surface area (Å²) in [5.74, 6) is 1.31. The fourth-order valence-electron chi connectivity index (χ4n) is 4.60. The molecule has 202 valence electrons. The molecule has 10 nitrogen and oxygen atoms in total. The number of hydrogen-bond donors (Lipinski definition) is 4. The van der Waals surface area contributed by atoms with Gasteiger partial charge in [0.1, 0.15) is 4.75 Å². The molecular weight excluding hydrogens is 486 g/mol. The Bertz CT molecular complexity index is 979. The maximum Gasteiger partial charge on any atom is 0.249 e. The van der Waals surface area contributed by atoms with Crippen molar-refractivity contribution in [3.05, 3.63) is 42.0 Å². The molecule has 1 aliphatic rings. The molecule has 1 aliphatic heterocycles. The van der Waals surface area contributed by atoms with Gasteiger partial charge in [-0.15, -0.1) is 0 Å². The molecule has 0 aromatic heterocycles. The third-order valence-corrected chi connectivity index (χ3v) is 8.37. The van der Waals surface area contributed by atoms with E-state index in [1.165, 1.54) is 6.08 Å². The van der Waals surface area contributed by atoms with Gasteiger partial charge in [-0.25, -0.2) is 24.6 Å². The van der Waals surface area contributed by atoms with Gasteiger partial charge in [0.05, 0.1) is 11.8 Å². The first-order chi connectivity index (χ1) is 17.1. The van der Waals surface area contributed by atoms with Crippen LogP contribution in [0.1, 0.15) is 51.5 Å².